The maximum Gasteiger partial charge on any atom is 0.416 e. The topological polar surface area (TPSA) is 104 Å². The minimum atomic E-state index is -1.30. The smallest absolute Gasteiger partial charge is 0.416 e. The molecule has 1 fully saturated rings. The van der Waals surface area contributed by atoms with Crippen molar-refractivity contribution < 1.29 is 29.0 Å². The molecule has 0 bridgehead atoms. The van der Waals surface area contributed by atoms with E-state index >= 15 is 0 Å². The molecule has 8 nitrogen and oxygen atoms in total. The van der Waals surface area contributed by atoms with E-state index in [4.69, 9.17) is 4.74 Å². The first-order chi connectivity index (χ1) is 12.7. The average molecular weight is 374 g/mol. The summed E-state index contributed by atoms with van der Waals surface area (Å²) in [6, 6.07) is 6.00. The van der Waals surface area contributed by atoms with Gasteiger partial charge >= 0.3 is 6.09 Å². The summed E-state index contributed by atoms with van der Waals surface area (Å²) in [5.41, 5.74) is 0.549. The normalized spacial score (nSPS) is 21.5. The van der Waals surface area contributed by atoms with Crippen LogP contribution in [0.4, 0.5) is 4.79 Å². The number of cyclic esters (lactones) is 1. The van der Waals surface area contributed by atoms with Crippen molar-refractivity contribution in [3.63, 3.8) is 0 Å². The molecule has 0 radical (unpaired) electrons. The van der Waals surface area contributed by atoms with E-state index in [-0.39, 0.29) is 30.2 Å². The van der Waals surface area contributed by atoms with Crippen molar-refractivity contribution in [2.24, 2.45) is 11.8 Å². The van der Waals surface area contributed by atoms with Crippen molar-refractivity contribution in [1.29, 1.82) is 0 Å². The second-order valence-electron chi connectivity index (χ2n) is 7.22. The number of imide groups is 2. The highest BCUT2D eigenvalue weighted by molar-refractivity contribution is 6.21. The number of benzene rings is 1. The van der Waals surface area contributed by atoms with Gasteiger partial charge in [-0.3, -0.25) is 19.3 Å². The number of nitrogens with zero attached hydrogens (tertiary/aromatic N) is 2. The molecule has 2 aliphatic heterocycles. The molecular weight excluding hydrogens is 352 g/mol. The molecule has 2 aliphatic rings. The summed E-state index contributed by atoms with van der Waals surface area (Å²) in [6.07, 6.45) is -2.04. The van der Waals surface area contributed by atoms with Crippen molar-refractivity contribution >= 4 is 23.8 Å². The van der Waals surface area contributed by atoms with Crippen LogP contribution in [0.15, 0.2) is 24.3 Å². The molecule has 0 aliphatic carbocycles. The predicted octanol–water partition coefficient (Wildman–Crippen LogP) is 1.28. The van der Waals surface area contributed by atoms with Gasteiger partial charge in [0.2, 0.25) is 5.91 Å². The molecule has 0 aromatic heterocycles. The molecular formula is C19H22N2O6. The van der Waals surface area contributed by atoms with E-state index in [9.17, 15) is 24.3 Å². The Morgan fingerprint density at radius 2 is 1.70 bits per heavy atom. The van der Waals surface area contributed by atoms with Crippen LogP contribution in [-0.4, -0.2) is 64.0 Å². The molecule has 1 aromatic carbocycles. The molecule has 144 valence electrons. The minimum Gasteiger partial charge on any atom is -0.447 e. The van der Waals surface area contributed by atoms with Gasteiger partial charge in [-0.25, -0.2) is 9.69 Å². The molecule has 1 saturated heterocycles. The van der Waals surface area contributed by atoms with Gasteiger partial charge in [-0.2, -0.15) is 0 Å². The molecule has 3 atom stereocenters. The molecule has 0 unspecified atom stereocenters. The van der Waals surface area contributed by atoms with Crippen LogP contribution < -0.4 is 0 Å². The first-order valence-electron chi connectivity index (χ1n) is 8.87. The summed E-state index contributed by atoms with van der Waals surface area (Å²) in [4.78, 5) is 51.5. The lowest BCUT2D eigenvalue weighted by molar-refractivity contribution is -0.137. The van der Waals surface area contributed by atoms with Gasteiger partial charge in [-0.1, -0.05) is 32.9 Å². The molecule has 3 rings (SSSR count). The maximum absolute atomic E-state index is 12.7. The van der Waals surface area contributed by atoms with Gasteiger partial charge in [0.05, 0.1) is 35.7 Å². The fourth-order valence-electron chi connectivity index (χ4n) is 3.31. The quantitative estimate of drug-likeness (QED) is 0.779. The molecule has 0 spiro atoms. The van der Waals surface area contributed by atoms with E-state index in [1.807, 2.05) is 13.8 Å². The van der Waals surface area contributed by atoms with Gasteiger partial charge < -0.3 is 9.84 Å². The van der Waals surface area contributed by atoms with Gasteiger partial charge in [-0.05, 0) is 18.1 Å². The molecule has 1 aromatic rings. The van der Waals surface area contributed by atoms with E-state index in [1.54, 1.807) is 24.3 Å². The van der Waals surface area contributed by atoms with E-state index in [0.29, 0.717) is 0 Å². The first-order valence-corrected chi connectivity index (χ1v) is 8.87. The van der Waals surface area contributed by atoms with Gasteiger partial charge in [0, 0.05) is 0 Å². The lowest BCUT2D eigenvalue weighted by atomic mass is 9.99. The largest absolute Gasteiger partial charge is 0.447 e. The number of aliphatic hydroxyl groups excluding tert-OH is 1. The van der Waals surface area contributed by atoms with Crippen LogP contribution in [0.2, 0.25) is 0 Å². The highest BCUT2D eigenvalue weighted by Crippen LogP contribution is 2.26. The highest BCUT2D eigenvalue weighted by atomic mass is 16.6. The third-order valence-electron chi connectivity index (χ3n) is 5.13. The zero-order chi connectivity index (χ0) is 19.9. The van der Waals surface area contributed by atoms with E-state index in [0.717, 1.165) is 9.80 Å². The van der Waals surface area contributed by atoms with Crippen molar-refractivity contribution in [3.8, 4) is 0 Å². The number of aliphatic hydroxyl groups is 1. The number of hydrogen-bond donors (Lipinski definition) is 1. The average Bonchev–Trinajstić information content (AvgIpc) is 3.14. The van der Waals surface area contributed by atoms with Crippen LogP contribution in [-0.2, 0) is 9.53 Å². The number of carbonyl (C=O) groups excluding carboxylic acids is 4. The number of β-amino-alcohol motifs (C(OH)–C–C–N with tert-alkyl or cyclic N) is 1. The van der Waals surface area contributed by atoms with Gasteiger partial charge in [0.25, 0.3) is 11.8 Å². The van der Waals surface area contributed by atoms with Crippen LogP contribution in [0.5, 0.6) is 0 Å². The Morgan fingerprint density at radius 3 is 2.22 bits per heavy atom. The van der Waals surface area contributed by atoms with Gasteiger partial charge in [0.1, 0.15) is 6.61 Å². The van der Waals surface area contributed by atoms with Gasteiger partial charge in [-0.15, -0.1) is 0 Å². The molecule has 2 heterocycles. The summed E-state index contributed by atoms with van der Waals surface area (Å²) in [7, 11) is 0. The number of amides is 4. The van der Waals surface area contributed by atoms with E-state index in [1.165, 1.54) is 6.92 Å². The van der Waals surface area contributed by atoms with Crippen LogP contribution in [0.3, 0.4) is 0 Å². The van der Waals surface area contributed by atoms with Gasteiger partial charge in [0.15, 0.2) is 0 Å². The number of rotatable bonds is 5. The number of hydrogen-bond acceptors (Lipinski definition) is 6. The SMILES string of the molecule is CC(C)[C@H]1COC(=O)N1C(=O)[C@@H](C)[C@H](O)CN1C(=O)c2ccccc2C1=O. The fourth-order valence-corrected chi connectivity index (χ4v) is 3.31. The summed E-state index contributed by atoms with van der Waals surface area (Å²) >= 11 is 0. The van der Waals surface area contributed by atoms with Crippen molar-refractivity contribution in [2.75, 3.05) is 13.2 Å². The lowest BCUT2D eigenvalue weighted by Gasteiger charge is -2.28. The Labute approximate surface area is 156 Å². The summed E-state index contributed by atoms with van der Waals surface area (Å²) in [6.45, 7) is 4.99. The Bertz CT molecular complexity index is 770. The third kappa shape index (κ3) is 3.21. The Morgan fingerprint density at radius 1 is 1.15 bits per heavy atom. The minimum absolute atomic E-state index is 0.000907. The maximum atomic E-state index is 12.7. The summed E-state index contributed by atoms with van der Waals surface area (Å²) in [5.74, 6) is -2.58. The second kappa shape index (κ2) is 7.11. The van der Waals surface area contributed by atoms with Crippen LogP contribution in [0.25, 0.3) is 0 Å². The molecule has 0 saturated carbocycles. The lowest BCUT2D eigenvalue weighted by Crippen LogP contribution is -2.49. The zero-order valence-electron chi connectivity index (χ0n) is 15.4. The van der Waals surface area contributed by atoms with Crippen LogP contribution >= 0.6 is 0 Å². The summed E-state index contributed by atoms with van der Waals surface area (Å²) < 4.78 is 4.97. The van der Waals surface area contributed by atoms with Crippen LogP contribution in [0, 0.1) is 11.8 Å². The number of fused-ring (bicyclic) bond motifs is 1. The Balaban J connectivity index is 1.72. The second-order valence-corrected chi connectivity index (χ2v) is 7.22. The molecule has 1 N–H and O–H groups in total. The number of carbonyl (C=O) groups is 4. The Hall–Kier alpha value is -2.74. The van der Waals surface area contributed by atoms with Crippen molar-refractivity contribution in [3.05, 3.63) is 35.4 Å². The molecule has 8 heteroatoms. The van der Waals surface area contributed by atoms with E-state index < -0.39 is 41.9 Å². The monoisotopic (exact) mass is 374 g/mol. The zero-order valence-corrected chi connectivity index (χ0v) is 15.4. The Kier molecular flexibility index (Phi) is 5.01. The fraction of sp³-hybridized carbons (Fsp3) is 0.474. The number of ether oxygens (including phenoxy) is 1. The summed E-state index contributed by atoms with van der Waals surface area (Å²) in [5, 5.41) is 10.5. The standard InChI is InChI=1S/C19H22N2O6/c1-10(2)14-9-27-19(26)21(14)16(23)11(3)15(22)8-20-17(24)12-6-4-5-7-13(12)18(20)25/h4-7,10-11,14-15,22H,8-9H2,1-3H3/t11-,14+,15+/m0/s1. The molecule has 27 heavy (non-hydrogen) atoms. The van der Waals surface area contributed by atoms with Crippen LogP contribution in [0.1, 0.15) is 41.5 Å². The van der Waals surface area contributed by atoms with E-state index in [2.05, 4.69) is 0 Å². The molecule has 4 amide bonds. The van der Waals surface area contributed by atoms with Crippen molar-refractivity contribution in [2.45, 2.75) is 32.9 Å². The predicted molar refractivity (Wildman–Crippen MR) is 93.8 cm³/mol. The highest BCUT2D eigenvalue weighted by Gasteiger charge is 2.44. The first kappa shape index (κ1) is 19.0. The van der Waals surface area contributed by atoms with Crippen molar-refractivity contribution in [1.82, 2.24) is 9.80 Å². The third-order valence-corrected chi connectivity index (χ3v) is 5.13.